The number of rotatable bonds is 4. The smallest absolute Gasteiger partial charge is 0.256 e. The van der Waals surface area contributed by atoms with Crippen LogP contribution >= 0.6 is 0 Å². The monoisotopic (exact) mass is 431 g/mol. The molecule has 166 valence electrons. The Morgan fingerprint density at radius 1 is 1.19 bits per heavy atom. The highest BCUT2D eigenvalue weighted by Crippen LogP contribution is 2.39. The van der Waals surface area contributed by atoms with Crippen LogP contribution in [-0.4, -0.2) is 46.2 Å². The first kappa shape index (κ1) is 20.5. The lowest BCUT2D eigenvalue weighted by molar-refractivity contribution is -0.123. The first-order chi connectivity index (χ1) is 15.0. The van der Waals surface area contributed by atoms with Crippen molar-refractivity contribution < 1.29 is 22.8 Å². The van der Waals surface area contributed by atoms with Gasteiger partial charge in [0.2, 0.25) is 5.89 Å². The minimum Gasteiger partial charge on any atom is -0.375 e. The second kappa shape index (κ2) is 8.30. The molecule has 1 unspecified atom stereocenters. The minimum absolute atomic E-state index is 0.0841. The maximum atomic E-state index is 14.0. The second-order valence-electron chi connectivity index (χ2n) is 9.19. The molecule has 3 fully saturated rings. The van der Waals surface area contributed by atoms with Gasteiger partial charge in [0, 0.05) is 38.1 Å². The van der Waals surface area contributed by atoms with Crippen LogP contribution in [0.4, 0.5) is 8.78 Å². The molecular formula is C23H27F2N3O3. The van der Waals surface area contributed by atoms with Crippen molar-refractivity contribution >= 4 is 5.91 Å². The van der Waals surface area contributed by atoms with Gasteiger partial charge in [-0.2, -0.15) is 4.98 Å². The molecule has 2 aromatic rings. The van der Waals surface area contributed by atoms with Gasteiger partial charge in [-0.1, -0.05) is 11.6 Å². The first-order valence-electron chi connectivity index (χ1n) is 11.2. The molecule has 8 heteroatoms. The topological polar surface area (TPSA) is 68.5 Å². The van der Waals surface area contributed by atoms with E-state index in [0.717, 1.165) is 56.0 Å². The van der Waals surface area contributed by atoms with Crippen LogP contribution in [0.5, 0.6) is 0 Å². The van der Waals surface area contributed by atoms with Crippen LogP contribution in [0.1, 0.15) is 72.9 Å². The summed E-state index contributed by atoms with van der Waals surface area (Å²) in [4.78, 5) is 18.9. The Hall–Kier alpha value is -2.35. The van der Waals surface area contributed by atoms with Crippen molar-refractivity contribution in [2.75, 3.05) is 19.7 Å². The van der Waals surface area contributed by atoms with E-state index in [4.69, 9.17) is 9.26 Å². The third-order valence-corrected chi connectivity index (χ3v) is 7.13. The molecule has 1 spiro atoms. The van der Waals surface area contributed by atoms with E-state index >= 15 is 0 Å². The number of hydrogen-bond donors (Lipinski definition) is 0. The molecule has 3 heterocycles. The zero-order chi connectivity index (χ0) is 21.4. The molecule has 31 heavy (non-hydrogen) atoms. The predicted octanol–water partition coefficient (Wildman–Crippen LogP) is 4.26. The summed E-state index contributed by atoms with van der Waals surface area (Å²) >= 11 is 0. The molecule has 1 aromatic carbocycles. The van der Waals surface area contributed by atoms with Gasteiger partial charge in [-0.05, 0) is 56.6 Å². The lowest BCUT2D eigenvalue weighted by atomic mass is 9.78. The molecule has 6 nitrogen and oxygen atoms in total. The van der Waals surface area contributed by atoms with Crippen LogP contribution in [0.25, 0.3) is 0 Å². The van der Waals surface area contributed by atoms with E-state index in [9.17, 15) is 13.6 Å². The maximum Gasteiger partial charge on any atom is 0.256 e. The lowest BCUT2D eigenvalue weighted by Crippen LogP contribution is -2.51. The van der Waals surface area contributed by atoms with Crippen LogP contribution < -0.4 is 0 Å². The number of piperidine rings is 1. The molecule has 1 aromatic heterocycles. The van der Waals surface area contributed by atoms with Crippen LogP contribution in [-0.2, 0) is 11.2 Å². The fourth-order valence-electron chi connectivity index (χ4n) is 5.03. The Morgan fingerprint density at radius 3 is 2.71 bits per heavy atom. The van der Waals surface area contributed by atoms with Crippen molar-refractivity contribution in [3.8, 4) is 0 Å². The fourth-order valence-corrected chi connectivity index (χ4v) is 5.03. The van der Waals surface area contributed by atoms with Crippen LogP contribution in [0.3, 0.4) is 0 Å². The molecule has 2 aliphatic heterocycles. The fraction of sp³-hybridized carbons (Fsp3) is 0.609. The van der Waals surface area contributed by atoms with Gasteiger partial charge in [0.25, 0.3) is 5.91 Å². The molecule has 1 saturated carbocycles. The molecule has 5 rings (SSSR count). The zero-order valence-electron chi connectivity index (χ0n) is 17.5. The average Bonchev–Trinajstić information content (AvgIpc) is 3.14. The summed E-state index contributed by atoms with van der Waals surface area (Å²) in [5.41, 5.74) is -0.346. The number of aromatic nitrogens is 2. The van der Waals surface area contributed by atoms with Crippen molar-refractivity contribution in [3.63, 3.8) is 0 Å². The van der Waals surface area contributed by atoms with Crippen LogP contribution in [0, 0.1) is 17.6 Å². The summed E-state index contributed by atoms with van der Waals surface area (Å²) in [6.45, 7) is 1.67. The Morgan fingerprint density at radius 2 is 2.00 bits per heavy atom. The number of ether oxygens (including phenoxy) is 1. The Labute approximate surface area is 179 Å². The first-order valence-corrected chi connectivity index (χ1v) is 11.2. The SMILES string of the molecule is O=C(c1ccc(F)cc1F)N1CCC2(CC1)CC(Cc1noc(C3CCC3)n1)CCO2. The summed E-state index contributed by atoms with van der Waals surface area (Å²) in [6.07, 6.45) is 7.56. The molecule has 1 aliphatic carbocycles. The number of carbonyl (C=O) groups is 1. The summed E-state index contributed by atoms with van der Waals surface area (Å²) in [7, 11) is 0. The molecule has 1 amide bonds. The van der Waals surface area contributed by atoms with Gasteiger partial charge >= 0.3 is 0 Å². The van der Waals surface area contributed by atoms with Gasteiger partial charge in [0.15, 0.2) is 5.82 Å². The lowest BCUT2D eigenvalue weighted by Gasteiger charge is -2.46. The standard InChI is InChI=1S/C23H27F2N3O3/c24-17-4-5-18(19(25)13-17)22(29)28-9-7-23(8-10-28)14-15(6-11-30-23)12-20-26-21(31-27-20)16-2-1-3-16/h4-5,13,15-16H,1-3,6-12,14H2. The Balaban J connectivity index is 1.18. The molecule has 2 saturated heterocycles. The van der Waals surface area contributed by atoms with Crippen molar-refractivity contribution in [1.82, 2.24) is 15.0 Å². The van der Waals surface area contributed by atoms with E-state index in [1.807, 2.05) is 0 Å². The second-order valence-corrected chi connectivity index (χ2v) is 9.19. The largest absolute Gasteiger partial charge is 0.375 e. The van der Waals surface area contributed by atoms with E-state index in [2.05, 4.69) is 10.1 Å². The molecule has 1 atom stereocenters. The van der Waals surface area contributed by atoms with E-state index < -0.39 is 17.5 Å². The van der Waals surface area contributed by atoms with Crippen molar-refractivity contribution in [2.45, 2.75) is 62.9 Å². The Kier molecular flexibility index (Phi) is 5.50. The molecule has 0 bridgehead atoms. The average molecular weight is 431 g/mol. The number of nitrogens with zero attached hydrogens (tertiary/aromatic N) is 3. The molecule has 0 N–H and O–H groups in total. The third-order valence-electron chi connectivity index (χ3n) is 7.13. The predicted molar refractivity (Wildman–Crippen MR) is 107 cm³/mol. The zero-order valence-corrected chi connectivity index (χ0v) is 17.5. The molecule has 3 aliphatic rings. The van der Waals surface area contributed by atoms with Gasteiger partial charge < -0.3 is 14.2 Å². The highest BCUT2D eigenvalue weighted by molar-refractivity contribution is 5.94. The van der Waals surface area contributed by atoms with Gasteiger partial charge in [-0.15, -0.1) is 0 Å². The van der Waals surface area contributed by atoms with Gasteiger partial charge in [0.1, 0.15) is 11.6 Å². The summed E-state index contributed by atoms with van der Waals surface area (Å²) in [5.74, 6) is 0.518. The van der Waals surface area contributed by atoms with Crippen molar-refractivity contribution in [3.05, 3.63) is 47.1 Å². The normalized spacial score (nSPS) is 23.7. The van der Waals surface area contributed by atoms with Crippen LogP contribution in [0.2, 0.25) is 0 Å². The van der Waals surface area contributed by atoms with Crippen molar-refractivity contribution in [1.29, 1.82) is 0 Å². The number of hydrogen-bond acceptors (Lipinski definition) is 5. The summed E-state index contributed by atoms with van der Waals surface area (Å²) in [5, 5.41) is 4.19. The number of amides is 1. The summed E-state index contributed by atoms with van der Waals surface area (Å²) < 4.78 is 38.8. The quantitative estimate of drug-likeness (QED) is 0.724. The van der Waals surface area contributed by atoms with E-state index in [1.165, 1.54) is 12.5 Å². The number of likely N-dealkylation sites (tertiary alicyclic amines) is 1. The highest BCUT2D eigenvalue weighted by Gasteiger charge is 2.42. The van der Waals surface area contributed by atoms with Crippen LogP contribution in [0.15, 0.2) is 22.7 Å². The maximum absolute atomic E-state index is 14.0. The third kappa shape index (κ3) is 4.22. The van der Waals surface area contributed by atoms with Gasteiger partial charge in [-0.3, -0.25) is 4.79 Å². The number of benzene rings is 1. The van der Waals surface area contributed by atoms with Gasteiger partial charge in [-0.25, -0.2) is 8.78 Å². The number of halogens is 2. The van der Waals surface area contributed by atoms with E-state index in [1.54, 1.807) is 4.90 Å². The minimum atomic E-state index is -0.819. The molecule has 0 radical (unpaired) electrons. The number of carbonyl (C=O) groups excluding carboxylic acids is 1. The van der Waals surface area contributed by atoms with Crippen molar-refractivity contribution in [2.24, 2.45) is 5.92 Å². The molecular weight excluding hydrogens is 404 g/mol. The summed E-state index contributed by atoms with van der Waals surface area (Å²) in [6, 6.07) is 3.08. The van der Waals surface area contributed by atoms with E-state index in [0.29, 0.717) is 44.4 Å². The van der Waals surface area contributed by atoms with E-state index in [-0.39, 0.29) is 11.2 Å². The Bertz CT molecular complexity index is 951. The highest BCUT2D eigenvalue weighted by atomic mass is 19.1. The van der Waals surface area contributed by atoms with Gasteiger partial charge in [0.05, 0.1) is 11.2 Å².